The van der Waals surface area contributed by atoms with E-state index in [0.29, 0.717) is 18.5 Å². The van der Waals surface area contributed by atoms with Crippen LogP contribution in [0.3, 0.4) is 0 Å². The summed E-state index contributed by atoms with van der Waals surface area (Å²) in [5, 5.41) is 18.8. The minimum absolute atomic E-state index is 0.179. The Labute approximate surface area is 105 Å². The molecule has 5 heteroatoms. The monoisotopic (exact) mass is 249 g/mol. The van der Waals surface area contributed by atoms with Crippen molar-refractivity contribution in [2.45, 2.75) is 12.5 Å². The molecular weight excluding hydrogens is 234 g/mol. The smallest absolute Gasteiger partial charge is 0.308 e. The lowest BCUT2D eigenvalue weighted by Gasteiger charge is -2.19. The number of aliphatic hydroxyl groups is 1. The Morgan fingerprint density at radius 2 is 1.94 bits per heavy atom. The van der Waals surface area contributed by atoms with Crippen molar-refractivity contribution in [2.75, 3.05) is 13.1 Å². The minimum atomic E-state index is -1.21. The highest BCUT2D eigenvalue weighted by Gasteiger charge is 2.33. The summed E-state index contributed by atoms with van der Waals surface area (Å²) in [6.45, 7) is 0.567. The normalized spacial score (nSPS) is 20.7. The molecule has 2 rings (SSSR count). The molecule has 0 aromatic heterocycles. The van der Waals surface area contributed by atoms with E-state index in [0.717, 1.165) is 0 Å². The molecule has 5 nitrogen and oxygen atoms in total. The van der Waals surface area contributed by atoms with Gasteiger partial charge < -0.3 is 15.1 Å². The van der Waals surface area contributed by atoms with Crippen LogP contribution in [0.2, 0.25) is 0 Å². The molecule has 0 spiro atoms. The van der Waals surface area contributed by atoms with Crippen molar-refractivity contribution < 1.29 is 19.8 Å². The summed E-state index contributed by atoms with van der Waals surface area (Å²) in [5.41, 5.74) is 0.529. The van der Waals surface area contributed by atoms with Crippen molar-refractivity contribution in [2.24, 2.45) is 5.92 Å². The predicted octanol–water partition coefficient (Wildman–Crippen LogP) is 0.653. The van der Waals surface area contributed by atoms with Crippen LogP contribution in [0.15, 0.2) is 30.3 Å². The SMILES string of the molecule is O=C(O)C1CCN(C(=O)[C@@H](O)c2ccccc2)C1. The van der Waals surface area contributed by atoms with Gasteiger partial charge >= 0.3 is 5.97 Å². The van der Waals surface area contributed by atoms with Crippen LogP contribution in [0.1, 0.15) is 18.1 Å². The van der Waals surface area contributed by atoms with Crippen LogP contribution in [0.4, 0.5) is 0 Å². The van der Waals surface area contributed by atoms with Gasteiger partial charge in [-0.05, 0) is 12.0 Å². The van der Waals surface area contributed by atoms with Crippen molar-refractivity contribution in [3.63, 3.8) is 0 Å². The van der Waals surface area contributed by atoms with E-state index in [4.69, 9.17) is 5.11 Å². The van der Waals surface area contributed by atoms with Gasteiger partial charge in [-0.25, -0.2) is 0 Å². The zero-order valence-electron chi connectivity index (χ0n) is 9.82. The Bertz CT molecular complexity index is 446. The second-order valence-corrected chi connectivity index (χ2v) is 4.42. The van der Waals surface area contributed by atoms with Crippen molar-refractivity contribution >= 4 is 11.9 Å². The second kappa shape index (κ2) is 5.18. The summed E-state index contributed by atoms with van der Waals surface area (Å²) in [7, 11) is 0. The quantitative estimate of drug-likeness (QED) is 0.824. The van der Waals surface area contributed by atoms with Crippen molar-refractivity contribution in [1.82, 2.24) is 4.90 Å². The molecule has 18 heavy (non-hydrogen) atoms. The number of hydrogen-bond acceptors (Lipinski definition) is 3. The molecule has 0 saturated carbocycles. The van der Waals surface area contributed by atoms with Gasteiger partial charge in [0.15, 0.2) is 6.10 Å². The highest BCUT2D eigenvalue weighted by molar-refractivity contribution is 5.83. The van der Waals surface area contributed by atoms with Crippen LogP contribution < -0.4 is 0 Å². The van der Waals surface area contributed by atoms with E-state index >= 15 is 0 Å². The van der Waals surface area contributed by atoms with E-state index in [-0.39, 0.29) is 6.54 Å². The van der Waals surface area contributed by atoms with E-state index < -0.39 is 23.9 Å². The Balaban J connectivity index is 2.02. The Kier molecular flexibility index (Phi) is 3.62. The van der Waals surface area contributed by atoms with Crippen molar-refractivity contribution in [3.05, 3.63) is 35.9 Å². The maximum atomic E-state index is 12.0. The average molecular weight is 249 g/mol. The fraction of sp³-hybridized carbons (Fsp3) is 0.385. The number of aliphatic carboxylic acids is 1. The van der Waals surface area contributed by atoms with Gasteiger partial charge in [-0.15, -0.1) is 0 Å². The van der Waals surface area contributed by atoms with Crippen molar-refractivity contribution in [1.29, 1.82) is 0 Å². The molecule has 1 aliphatic heterocycles. The first-order chi connectivity index (χ1) is 8.59. The average Bonchev–Trinajstić information content (AvgIpc) is 2.88. The standard InChI is InChI=1S/C13H15NO4/c15-11(9-4-2-1-3-5-9)12(16)14-7-6-10(8-14)13(17)18/h1-5,10-11,15H,6-8H2,(H,17,18)/t10?,11-/m0/s1. The lowest BCUT2D eigenvalue weighted by Crippen LogP contribution is -2.34. The summed E-state index contributed by atoms with van der Waals surface area (Å²) in [5.74, 6) is -1.83. The fourth-order valence-corrected chi connectivity index (χ4v) is 2.11. The zero-order valence-corrected chi connectivity index (χ0v) is 9.82. The number of nitrogens with zero attached hydrogens (tertiary/aromatic N) is 1. The molecule has 1 fully saturated rings. The Hall–Kier alpha value is -1.88. The van der Waals surface area contributed by atoms with E-state index in [2.05, 4.69) is 0 Å². The highest BCUT2D eigenvalue weighted by atomic mass is 16.4. The molecule has 0 radical (unpaired) electrons. The third-order valence-electron chi connectivity index (χ3n) is 3.20. The van der Waals surface area contributed by atoms with Crippen LogP contribution in [0.25, 0.3) is 0 Å². The highest BCUT2D eigenvalue weighted by Crippen LogP contribution is 2.22. The Morgan fingerprint density at radius 3 is 2.50 bits per heavy atom. The number of rotatable bonds is 3. The summed E-state index contributed by atoms with van der Waals surface area (Å²) in [6.07, 6.45) is -0.762. The first kappa shape index (κ1) is 12.6. The molecule has 0 aliphatic carbocycles. The number of benzene rings is 1. The van der Waals surface area contributed by atoms with Gasteiger partial charge in [-0.3, -0.25) is 9.59 Å². The first-order valence-electron chi connectivity index (χ1n) is 5.84. The maximum Gasteiger partial charge on any atom is 0.308 e. The molecule has 1 aromatic rings. The Morgan fingerprint density at radius 1 is 1.28 bits per heavy atom. The maximum absolute atomic E-state index is 12.0. The largest absolute Gasteiger partial charge is 0.481 e. The number of likely N-dealkylation sites (tertiary alicyclic amines) is 1. The number of hydrogen-bond donors (Lipinski definition) is 2. The van der Waals surface area contributed by atoms with E-state index in [1.54, 1.807) is 30.3 Å². The van der Waals surface area contributed by atoms with Gasteiger partial charge in [0.05, 0.1) is 5.92 Å². The van der Waals surface area contributed by atoms with Gasteiger partial charge in [0, 0.05) is 13.1 Å². The van der Waals surface area contributed by atoms with Gasteiger partial charge in [0.2, 0.25) is 0 Å². The van der Waals surface area contributed by atoms with Crippen LogP contribution in [0, 0.1) is 5.92 Å². The third kappa shape index (κ3) is 2.51. The summed E-state index contributed by atoms with van der Waals surface area (Å²) in [4.78, 5) is 24.2. The first-order valence-corrected chi connectivity index (χ1v) is 5.84. The second-order valence-electron chi connectivity index (χ2n) is 4.42. The van der Waals surface area contributed by atoms with Crippen LogP contribution >= 0.6 is 0 Å². The summed E-state index contributed by atoms with van der Waals surface area (Å²) in [6, 6.07) is 8.64. The predicted molar refractivity (Wildman–Crippen MR) is 63.7 cm³/mol. The number of carbonyl (C=O) groups excluding carboxylic acids is 1. The molecule has 1 saturated heterocycles. The fourth-order valence-electron chi connectivity index (χ4n) is 2.11. The lowest BCUT2D eigenvalue weighted by molar-refractivity contribution is -0.142. The number of aliphatic hydroxyl groups excluding tert-OH is 1. The number of amides is 1. The minimum Gasteiger partial charge on any atom is -0.481 e. The molecule has 0 bridgehead atoms. The van der Waals surface area contributed by atoms with Gasteiger partial charge in [0.25, 0.3) is 5.91 Å². The number of carboxylic acids is 1. The van der Waals surface area contributed by atoms with E-state index in [9.17, 15) is 14.7 Å². The van der Waals surface area contributed by atoms with Crippen LogP contribution in [-0.2, 0) is 9.59 Å². The summed E-state index contributed by atoms with van der Waals surface area (Å²) >= 11 is 0. The molecule has 1 amide bonds. The third-order valence-corrected chi connectivity index (χ3v) is 3.20. The molecule has 1 aromatic carbocycles. The van der Waals surface area contributed by atoms with Crippen LogP contribution in [0.5, 0.6) is 0 Å². The molecule has 1 aliphatic rings. The topological polar surface area (TPSA) is 77.8 Å². The molecule has 2 N–H and O–H groups in total. The van der Waals surface area contributed by atoms with Gasteiger partial charge in [-0.2, -0.15) is 0 Å². The van der Waals surface area contributed by atoms with E-state index in [1.807, 2.05) is 0 Å². The summed E-state index contributed by atoms with van der Waals surface area (Å²) < 4.78 is 0. The van der Waals surface area contributed by atoms with Crippen molar-refractivity contribution in [3.8, 4) is 0 Å². The van der Waals surface area contributed by atoms with Gasteiger partial charge in [0.1, 0.15) is 0 Å². The number of carbonyl (C=O) groups is 2. The molecule has 1 heterocycles. The van der Waals surface area contributed by atoms with E-state index in [1.165, 1.54) is 4.90 Å². The lowest BCUT2D eigenvalue weighted by atomic mass is 10.1. The molecule has 1 unspecified atom stereocenters. The number of carboxylic acid groups (broad SMARTS) is 1. The van der Waals surface area contributed by atoms with Gasteiger partial charge in [-0.1, -0.05) is 30.3 Å². The van der Waals surface area contributed by atoms with Crippen LogP contribution in [-0.4, -0.2) is 40.1 Å². The molecule has 2 atom stereocenters. The zero-order chi connectivity index (χ0) is 13.1. The molecule has 96 valence electrons. The molecular formula is C13H15NO4.